The molecule has 3 rings (SSSR count). The highest BCUT2D eigenvalue weighted by atomic mass is 79.9. The number of nitriles is 1. The van der Waals surface area contributed by atoms with Gasteiger partial charge < -0.3 is 10.1 Å². The number of carbonyl (C=O) groups is 1. The Morgan fingerprint density at radius 3 is 2.77 bits per heavy atom. The molecule has 0 radical (unpaired) electrons. The van der Waals surface area contributed by atoms with E-state index < -0.39 is 5.72 Å². The van der Waals surface area contributed by atoms with E-state index in [4.69, 9.17) is 4.74 Å². The van der Waals surface area contributed by atoms with Crippen LogP contribution in [0.4, 0.5) is 5.69 Å². The fourth-order valence-electron chi connectivity index (χ4n) is 2.63. The molecule has 0 saturated carbocycles. The molecule has 8 heteroatoms. The van der Waals surface area contributed by atoms with Gasteiger partial charge in [-0.2, -0.15) is 5.26 Å². The summed E-state index contributed by atoms with van der Waals surface area (Å²) in [5, 5.41) is 11.8. The highest BCUT2D eigenvalue weighted by molar-refractivity contribution is 9.10. The number of hydrogen-bond acceptors (Lipinski definition) is 5. The van der Waals surface area contributed by atoms with E-state index in [1.165, 1.54) is 23.8 Å². The first-order chi connectivity index (χ1) is 12.2. The van der Waals surface area contributed by atoms with Gasteiger partial charge in [0.1, 0.15) is 11.6 Å². The SMILES string of the molecule is CC(=O)Nc1cc(Br)c(=O)n(C2=NC(C)(C)Oc3ccc(C#N)cc32)c1. The molecule has 7 nitrogen and oxygen atoms in total. The molecule has 0 saturated heterocycles. The summed E-state index contributed by atoms with van der Waals surface area (Å²) in [4.78, 5) is 28.6. The van der Waals surface area contributed by atoms with E-state index in [2.05, 4.69) is 32.3 Å². The van der Waals surface area contributed by atoms with E-state index in [0.717, 1.165) is 0 Å². The lowest BCUT2D eigenvalue weighted by Crippen LogP contribution is -2.38. The molecule has 2 aromatic rings. The number of halogens is 1. The summed E-state index contributed by atoms with van der Waals surface area (Å²) in [6.45, 7) is 4.92. The monoisotopic (exact) mass is 414 g/mol. The lowest BCUT2D eigenvalue weighted by atomic mass is 10.1. The standard InChI is InChI=1S/C18H15BrN4O3/c1-10(24)21-12-7-14(19)17(25)23(9-12)16-13-6-11(8-20)4-5-15(13)26-18(2,3)22-16/h4-7,9H,1-3H3,(H,21,24). The van der Waals surface area contributed by atoms with E-state index in [-0.39, 0.29) is 15.9 Å². The van der Waals surface area contributed by atoms with Crippen LogP contribution in [0, 0.1) is 11.3 Å². The summed E-state index contributed by atoms with van der Waals surface area (Å²) >= 11 is 3.23. The number of amides is 1. The maximum absolute atomic E-state index is 12.7. The molecule has 0 spiro atoms. The second-order valence-corrected chi connectivity index (χ2v) is 7.09. The quantitative estimate of drug-likeness (QED) is 0.775. The molecule has 0 fully saturated rings. The molecule has 0 aliphatic carbocycles. The predicted molar refractivity (Wildman–Crippen MR) is 101 cm³/mol. The third-order valence-corrected chi connectivity index (χ3v) is 4.17. The summed E-state index contributed by atoms with van der Waals surface area (Å²) in [6, 6.07) is 8.54. The molecule has 1 amide bonds. The maximum atomic E-state index is 12.7. The topological polar surface area (TPSA) is 96.5 Å². The number of anilines is 1. The third kappa shape index (κ3) is 3.39. The molecule has 0 unspecified atom stereocenters. The van der Waals surface area contributed by atoms with Crippen molar-refractivity contribution >= 4 is 33.4 Å². The Kier molecular flexibility index (Phi) is 4.42. The van der Waals surface area contributed by atoms with Gasteiger partial charge in [-0.05, 0) is 54.0 Å². The van der Waals surface area contributed by atoms with Gasteiger partial charge in [-0.15, -0.1) is 0 Å². The highest BCUT2D eigenvalue weighted by Gasteiger charge is 2.30. The van der Waals surface area contributed by atoms with Gasteiger partial charge in [0.05, 0.1) is 27.4 Å². The molecule has 2 heterocycles. The zero-order chi connectivity index (χ0) is 19.1. The predicted octanol–water partition coefficient (Wildman–Crippen LogP) is 2.86. The summed E-state index contributed by atoms with van der Waals surface area (Å²) in [5.41, 5.74) is 0.145. The van der Waals surface area contributed by atoms with Gasteiger partial charge in [-0.3, -0.25) is 14.2 Å². The van der Waals surface area contributed by atoms with Crippen molar-refractivity contribution in [2.45, 2.75) is 26.5 Å². The largest absolute Gasteiger partial charge is 0.466 e. The number of carbonyl (C=O) groups excluding carboxylic acids is 1. The van der Waals surface area contributed by atoms with E-state index in [1.807, 2.05) is 0 Å². The van der Waals surface area contributed by atoms with Crippen LogP contribution in [-0.4, -0.2) is 22.0 Å². The number of aliphatic imine (C=N–C) groups is 1. The third-order valence-electron chi connectivity index (χ3n) is 3.61. The van der Waals surface area contributed by atoms with Crippen LogP contribution in [0.2, 0.25) is 0 Å². The van der Waals surface area contributed by atoms with Gasteiger partial charge in [0.15, 0.2) is 5.72 Å². The van der Waals surface area contributed by atoms with Gasteiger partial charge in [0.25, 0.3) is 5.56 Å². The number of ether oxygens (including phenoxy) is 1. The molecule has 1 N–H and O–H groups in total. The molecule has 132 valence electrons. The molecular weight excluding hydrogens is 400 g/mol. The minimum atomic E-state index is -0.896. The second kappa shape index (κ2) is 6.42. The minimum absolute atomic E-state index is 0.261. The molecule has 26 heavy (non-hydrogen) atoms. The molecule has 1 aromatic carbocycles. The molecule has 0 bridgehead atoms. The van der Waals surface area contributed by atoms with Crippen LogP contribution in [0.15, 0.2) is 44.7 Å². The Bertz CT molecular complexity index is 1050. The molecule has 1 aliphatic heterocycles. The van der Waals surface area contributed by atoms with Crippen molar-refractivity contribution in [2.24, 2.45) is 4.99 Å². The Morgan fingerprint density at radius 2 is 2.12 bits per heavy atom. The molecule has 0 atom stereocenters. The molecule has 1 aromatic heterocycles. The zero-order valence-electron chi connectivity index (χ0n) is 14.3. The van der Waals surface area contributed by atoms with Gasteiger partial charge in [0.2, 0.25) is 5.91 Å². The number of hydrogen-bond donors (Lipinski definition) is 1. The van der Waals surface area contributed by atoms with Gasteiger partial charge in [0, 0.05) is 13.1 Å². The first-order valence-corrected chi connectivity index (χ1v) is 8.53. The van der Waals surface area contributed by atoms with Crippen molar-refractivity contribution in [3.63, 3.8) is 0 Å². The fraction of sp³-hybridized carbons (Fsp3) is 0.222. The first-order valence-electron chi connectivity index (χ1n) is 7.74. The Morgan fingerprint density at radius 1 is 1.38 bits per heavy atom. The number of fused-ring (bicyclic) bond motifs is 1. The van der Waals surface area contributed by atoms with Crippen LogP contribution in [0.1, 0.15) is 31.9 Å². The van der Waals surface area contributed by atoms with E-state index in [1.54, 1.807) is 32.0 Å². The van der Waals surface area contributed by atoms with Crippen molar-refractivity contribution in [3.05, 3.63) is 56.4 Å². The lowest BCUT2D eigenvalue weighted by molar-refractivity contribution is -0.114. The number of aromatic nitrogens is 1. The van der Waals surface area contributed by atoms with Crippen LogP contribution in [-0.2, 0) is 4.79 Å². The average Bonchev–Trinajstić information content (AvgIpc) is 2.55. The number of benzene rings is 1. The Hall–Kier alpha value is -2.92. The van der Waals surface area contributed by atoms with Gasteiger partial charge >= 0.3 is 0 Å². The van der Waals surface area contributed by atoms with Crippen molar-refractivity contribution in [1.82, 2.24) is 4.57 Å². The molecular formula is C18H15BrN4O3. The summed E-state index contributed by atoms with van der Waals surface area (Å²) in [7, 11) is 0. The number of rotatable bonds is 1. The normalized spacial score (nSPS) is 14.5. The van der Waals surface area contributed by atoms with Crippen LogP contribution < -0.4 is 15.6 Å². The van der Waals surface area contributed by atoms with Crippen molar-refractivity contribution < 1.29 is 9.53 Å². The lowest BCUT2D eigenvalue weighted by Gasteiger charge is -2.30. The minimum Gasteiger partial charge on any atom is -0.466 e. The maximum Gasteiger partial charge on any atom is 0.270 e. The number of nitrogens with one attached hydrogen (secondary N) is 1. The Labute approximate surface area is 158 Å². The number of pyridine rings is 1. The van der Waals surface area contributed by atoms with Crippen LogP contribution in [0.25, 0.3) is 0 Å². The van der Waals surface area contributed by atoms with E-state index >= 15 is 0 Å². The summed E-state index contributed by atoms with van der Waals surface area (Å²) in [5.74, 6) is 0.599. The van der Waals surface area contributed by atoms with E-state index in [0.29, 0.717) is 28.4 Å². The van der Waals surface area contributed by atoms with Crippen LogP contribution in [0.5, 0.6) is 5.75 Å². The summed E-state index contributed by atoms with van der Waals surface area (Å²) < 4.78 is 7.45. The van der Waals surface area contributed by atoms with Crippen LogP contribution >= 0.6 is 15.9 Å². The van der Waals surface area contributed by atoms with Gasteiger partial charge in [-0.25, -0.2) is 4.99 Å². The van der Waals surface area contributed by atoms with Crippen molar-refractivity contribution in [1.29, 1.82) is 5.26 Å². The first kappa shape index (κ1) is 17.9. The fourth-order valence-corrected chi connectivity index (χ4v) is 3.07. The second-order valence-electron chi connectivity index (χ2n) is 6.24. The van der Waals surface area contributed by atoms with Crippen molar-refractivity contribution in [3.8, 4) is 11.8 Å². The molecule has 1 aliphatic rings. The zero-order valence-corrected chi connectivity index (χ0v) is 15.9. The smallest absolute Gasteiger partial charge is 0.270 e. The summed E-state index contributed by atoms with van der Waals surface area (Å²) in [6.07, 6.45) is 1.50. The highest BCUT2D eigenvalue weighted by Crippen LogP contribution is 2.31. The van der Waals surface area contributed by atoms with Crippen molar-refractivity contribution in [2.75, 3.05) is 5.32 Å². The van der Waals surface area contributed by atoms with E-state index in [9.17, 15) is 14.9 Å². The average molecular weight is 415 g/mol. The number of nitrogens with zero attached hydrogens (tertiary/aromatic N) is 3. The van der Waals surface area contributed by atoms with Crippen LogP contribution in [0.3, 0.4) is 0 Å². The Balaban J connectivity index is 2.27. The van der Waals surface area contributed by atoms with Gasteiger partial charge in [-0.1, -0.05) is 0 Å².